The van der Waals surface area contributed by atoms with Gasteiger partial charge in [-0.1, -0.05) is 84.9 Å². The van der Waals surface area contributed by atoms with Crippen LogP contribution in [0.3, 0.4) is 0 Å². The average molecular weight is 1210 g/mol. The van der Waals surface area contributed by atoms with Crippen LogP contribution in [-0.4, -0.2) is 65.3 Å². The van der Waals surface area contributed by atoms with Gasteiger partial charge in [-0.25, -0.2) is 47.4 Å². The van der Waals surface area contributed by atoms with Crippen LogP contribution in [-0.2, 0) is 45.1 Å². The topological polar surface area (TPSA) is 176 Å². The quantitative estimate of drug-likeness (QED) is 0.0436. The second kappa shape index (κ2) is 27.6. The predicted octanol–water partition coefficient (Wildman–Crippen LogP) is 11.5. The number of fused-ring (bicyclic) bond motifs is 8. The zero-order chi connectivity index (χ0) is 62.6. The molecule has 9 heterocycles. The number of aromatic amines is 1. The van der Waals surface area contributed by atoms with Gasteiger partial charge in [0.1, 0.15) is 0 Å². The van der Waals surface area contributed by atoms with Crippen LogP contribution < -0.4 is 23.3 Å². The number of hydrogen-bond donors (Lipinski definition) is 1. The summed E-state index contributed by atoms with van der Waals surface area (Å²) in [6, 6.07) is 60.1. The van der Waals surface area contributed by atoms with E-state index >= 15 is 0 Å². The molecule has 0 unspecified atom stereocenters. The molecule has 0 atom stereocenters. The van der Waals surface area contributed by atoms with Gasteiger partial charge >= 0.3 is 23.9 Å². The molecule has 0 saturated carbocycles. The summed E-state index contributed by atoms with van der Waals surface area (Å²) in [5, 5.41) is 0. The second-order valence-electron chi connectivity index (χ2n) is 21.7. The van der Waals surface area contributed by atoms with Gasteiger partial charge in [-0.3, -0.25) is 0 Å². The van der Waals surface area contributed by atoms with Gasteiger partial charge < -0.3 is 28.9 Å². The lowest BCUT2D eigenvalue weighted by atomic mass is 10.0. The van der Waals surface area contributed by atoms with Crippen molar-refractivity contribution in [3.8, 4) is 44.5 Å². The fourth-order valence-corrected chi connectivity index (χ4v) is 11.1. The maximum Gasteiger partial charge on any atom is 0.338 e. The fraction of sp³-hybridized carbons (Fsp3) is 0.105. The first-order valence-corrected chi connectivity index (χ1v) is 30.2. The number of nitrogens with one attached hydrogen (secondary N) is 1. The van der Waals surface area contributed by atoms with Crippen molar-refractivity contribution >= 4 is 70.2 Å². The third-order valence-corrected chi connectivity index (χ3v) is 15.8. The highest BCUT2D eigenvalue weighted by atomic mass is 16.5. The highest BCUT2D eigenvalue weighted by molar-refractivity contribution is 6.02. The van der Waals surface area contributed by atoms with E-state index in [-0.39, 0.29) is 26.4 Å². The number of nitrogens with zero attached hydrogens (tertiary/aromatic N) is 7. The van der Waals surface area contributed by atoms with Crippen LogP contribution in [0, 0.1) is 0 Å². The fourth-order valence-electron chi connectivity index (χ4n) is 11.1. The van der Waals surface area contributed by atoms with Crippen molar-refractivity contribution in [3.05, 3.63) is 289 Å². The Morgan fingerprint density at radius 2 is 0.587 bits per heavy atom. The Hall–Kier alpha value is -12.0. The molecule has 11 aromatic rings. The average Bonchev–Trinajstić information content (AvgIpc) is 1.64. The Labute approximate surface area is 529 Å². The van der Waals surface area contributed by atoms with Crippen LogP contribution in [0.5, 0.6) is 0 Å². The molecule has 1 N–H and O–H groups in total. The van der Waals surface area contributed by atoms with Crippen LogP contribution in [0.25, 0.3) is 90.9 Å². The molecular weight excluding hydrogens is 1150 g/mol. The number of rotatable bonds is 20. The molecule has 8 bridgehead atoms. The van der Waals surface area contributed by atoms with Gasteiger partial charge in [0.25, 0.3) is 0 Å². The van der Waals surface area contributed by atoms with Crippen molar-refractivity contribution in [2.24, 2.45) is 0 Å². The minimum atomic E-state index is -0.452. The number of ether oxygens (including phenoxy) is 4. The van der Waals surface area contributed by atoms with E-state index in [0.29, 0.717) is 104 Å². The van der Waals surface area contributed by atoms with E-state index in [1.165, 1.54) is 0 Å². The summed E-state index contributed by atoms with van der Waals surface area (Å²) in [6.45, 7) is 2.77. The molecule has 16 nitrogen and oxygen atoms in total. The third kappa shape index (κ3) is 13.6. The first-order valence-electron chi connectivity index (χ1n) is 30.2. The molecule has 450 valence electrons. The van der Waals surface area contributed by atoms with E-state index in [1.807, 2.05) is 238 Å². The second-order valence-corrected chi connectivity index (χ2v) is 21.7. The SMILES string of the molecule is O=C(OCC[n+]1ccccc1)c1ccc(-c2c3nc(c(-c4ccc(C(=O)OCC[n+]5ccccc5)cc4)c4ccc([n-]4)c(-c4ccc(C(=O)OCC[n+]5ccccc5)cc4)c4ccc([nH]4)c(-c4ccc(C(=O)OCC[n+]5ccccc5)cc4)c4nc2C=C4)C=C3)cc1. The van der Waals surface area contributed by atoms with Gasteiger partial charge in [0.05, 0.1) is 45.0 Å². The first-order chi connectivity index (χ1) is 45.2. The molecule has 2 aliphatic heterocycles. The maximum absolute atomic E-state index is 13.5. The molecule has 13 rings (SSSR count). The van der Waals surface area contributed by atoms with Crippen molar-refractivity contribution in [1.82, 2.24) is 19.9 Å². The largest absolute Gasteiger partial charge is 0.657 e. The number of hydrogen-bond acceptors (Lipinski definition) is 10. The number of benzene rings is 4. The summed E-state index contributed by atoms with van der Waals surface area (Å²) >= 11 is 0. The summed E-state index contributed by atoms with van der Waals surface area (Å²) in [7, 11) is 0. The molecule has 7 aromatic heterocycles. The van der Waals surface area contributed by atoms with E-state index in [2.05, 4.69) is 4.98 Å². The van der Waals surface area contributed by atoms with Crippen molar-refractivity contribution in [1.29, 1.82) is 0 Å². The van der Waals surface area contributed by atoms with E-state index in [1.54, 1.807) is 48.5 Å². The van der Waals surface area contributed by atoms with Crippen LogP contribution in [0.1, 0.15) is 64.2 Å². The van der Waals surface area contributed by atoms with Crippen molar-refractivity contribution in [2.45, 2.75) is 26.2 Å². The van der Waals surface area contributed by atoms with E-state index in [0.717, 1.165) is 33.4 Å². The Bertz CT molecular complexity index is 4530. The molecule has 0 amide bonds. The zero-order valence-corrected chi connectivity index (χ0v) is 50.0. The van der Waals surface area contributed by atoms with Gasteiger partial charge in [-0.05, 0) is 118 Å². The molecule has 0 saturated heterocycles. The molecule has 0 spiro atoms. The summed E-state index contributed by atoms with van der Waals surface area (Å²) in [6.07, 6.45) is 23.2. The molecule has 0 fully saturated rings. The van der Waals surface area contributed by atoms with E-state index in [4.69, 9.17) is 33.9 Å². The van der Waals surface area contributed by atoms with E-state index in [9.17, 15) is 19.2 Å². The molecule has 4 aromatic carbocycles. The third-order valence-electron chi connectivity index (χ3n) is 15.8. The number of aromatic nitrogens is 8. The summed E-state index contributed by atoms with van der Waals surface area (Å²) in [4.78, 5) is 74.1. The maximum atomic E-state index is 13.5. The first kappa shape index (κ1) is 59.0. The zero-order valence-electron chi connectivity index (χ0n) is 50.0. The Kier molecular flexibility index (Phi) is 17.7. The lowest BCUT2D eigenvalue weighted by Crippen LogP contribution is -2.35. The van der Waals surface area contributed by atoms with Gasteiger partial charge in [0.2, 0.25) is 0 Å². The molecule has 16 heteroatoms. The number of H-pyrrole nitrogens is 1. The normalized spacial score (nSPS) is 11.5. The molecule has 2 aliphatic rings. The summed E-state index contributed by atoms with van der Waals surface area (Å²) < 4.78 is 30.7. The van der Waals surface area contributed by atoms with Gasteiger partial charge in [-0.2, -0.15) is 0 Å². The molecular formula is C76H61N8O8+3. The lowest BCUT2D eigenvalue weighted by Gasteiger charge is -2.13. The minimum absolute atomic E-state index is 0.189. The van der Waals surface area contributed by atoms with Gasteiger partial charge in [-0.15, -0.1) is 11.0 Å². The Morgan fingerprint density at radius 1 is 0.315 bits per heavy atom. The Balaban J connectivity index is 0.943. The van der Waals surface area contributed by atoms with Crippen LogP contribution in [0.4, 0.5) is 0 Å². The number of carbonyl (C=O) groups is 4. The molecule has 0 radical (unpaired) electrons. The van der Waals surface area contributed by atoms with Gasteiger partial charge in [0, 0.05) is 70.7 Å². The van der Waals surface area contributed by atoms with Crippen LogP contribution in [0.15, 0.2) is 244 Å². The van der Waals surface area contributed by atoms with Crippen molar-refractivity contribution in [3.63, 3.8) is 0 Å². The Morgan fingerprint density at radius 3 is 0.935 bits per heavy atom. The summed E-state index contributed by atoms with van der Waals surface area (Å²) in [5.74, 6) is -1.80. The molecule has 92 heavy (non-hydrogen) atoms. The van der Waals surface area contributed by atoms with Crippen LogP contribution >= 0.6 is 0 Å². The van der Waals surface area contributed by atoms with E-state index < -0.39 is 23.9 Å². The highest BCUT2D eigenvalue weighted by Crippen LogP contribution is 2.39. The monoisotopic (exact) mass is 1210 g/mol. The van der Waals surface area contributed by atoms with Gasteiger partial charge in [0.15, 0.2) is 102 Å². The highest BCUT2D eigenvalue weighted by Gasteiger charge is 2.22. The van der Waals surface area contributed by atoms with Crippen molar-refractivity contribution in [2.75, 3.05) is 26.4 Å². The number of pyridine rings is 4. The van der Waals surface area contributed by atoms with Crippen molar-refractivity contribution < 1.29 is 56.4 Å². The van der Waals surface area contributed by atoms with Crippen LogP contribution in [0.2, 0.25) is 0 Å². The minimum Gasteiger partial charge on any atom is -0.657 e. The predicted molar refractivity (Wildman–Crippen MR) is 347 cm³/mol. The standard InChI is InChI=1S/C76H60N8O8/c85-73(89-49-45-81-37-5-1-6-38-81)57-21-13-53(14-22-57)69-61-29-31-63(77-61)70(54-15-23-58(24-16-54)74(86)90-50-46-82-39-7-2-8-40-82)65-33-35-67(79-65)72(56-19-27-60(28-20-56)76(88)92-52-48-84-43-11-4-12-44-84)68-36-34-66(80-68)71(64-32-30-62(69)78-64)55-17-25-59(26-18-55)75(87)91-51-47-83-41-9-3-10-42-83/h1-44H,45-52H2/q+2/p+1. The molecule has 0 aliphatic carbocycles. The number of carbonyl (C=O) groups excluding carboxylic acids is 4. The summed E-state index contributed by atoms with van der Waals surface area (Å²) in [5.41, 5.74) is 12.4. The number of esters is 4. The smallest absolute Gasteiger partial charge is 0.338 e. The lowest BCUT2D eigenvalue weighted by molar-refractivity contribution is -0.698.